The van der Waals surface area contributed by atoms with Gasteiger partial charge in [0.05, 0.1) is 0 Å². The Hall–Kier alpha value is -2.08. The molecule has 4 rings (SSSR count). The lowest BCUT2D eigenvalue weighted by molar-refractivity contribution is -0.146. The Balaban J connectivity index is 1.22. The summed E-state index contributed by atoms with van der Waals surface area (Å²) in [6.07, 6.45) is 3.68. The van der Waals surface area contributed by atoms with Gasteiger partial charge in [-0.2, -0.15) is 0 Å². The zero-order valence-electron chi connectivity index (χ0n) is 18.4. The highest BCUT2D eigenvalue weighted by Gasteiger charge is 2.50. The molecule has 1 aliphatic carbocycles. The molecule has 2 amide bonds. The zero-order valence-corrected chi connectivity index (χ0v) is 18.4. The third-order valence-electron chi connectivity index (χ3n) is 7.09. The summed E-state index contributed by atoms with van der Waals surface area (Å²) in [6, 6.07) is 9.78. The molecule has 1 N–H and O–H groups in total. The standard InChI is InChI=1S/C24H35N3O3/c1-23(2)17-25-10-13-27(18-23)21(28)20-14-24(15-20)8-11-26(12-9-24)22(29)30-16-19-6-4-3-5-7-19/h3-7,20,25H,8-18H2,1-2H3. The number of hydrogen-bond acceptors (Lipinski definition) is 4. The molecule has 2 saturated heterocycles. The molecule has 6 heteroatoms. The summed E-state index contributed by atoms with van der Waals surface area (Å²) in [5.74, 6) is 0.498. The fourth-order valence-corrected chi connectivity index (χ4v) is 5.28. The van der Waals surface area contributed by atoms with Gasteiger partial charge in [-0.15, -0.1) is 0 Å². The average molecular weight is 414 g/mol. The smallest absolute Gasteiger partial charge is 0.410 e. The first-order valence-electron chi connectivity index (χ1n) is 11.3. The van der Waals surface area contributed by atoms with Gasteiger partial charge in [0.1, 0.15) is 6.61 Å². The third-order valence-corrected chi connectivity index (χ3v) is 7.09. The van der Waals surface area contributed by atoms with Gasteiger partial charge in [0.25, 0.3) is 0 Å². The molecule has 0 bridgehead atoms. The summed E-state index contributed by atoms with van der Waals surface area (Å²) in [4.78, 5) is 29.4. The molecule has 1 spiro atoms. The number of rotatable bonds is 3. The lowest BCUT2D eigenvalue weighted by Gasteiger charge is -2.52. The van der Waals surface area contributed by atoms with Crippen molar-refractivity contribution in [3.8, 4) is 0 Å². The highest BCUT2D eigenvalue weighted by molar-refractivity contribution is 5.80. The molecular formula is C24H35N3O3. The summed E-state index contributed by atoms with van der Waals surface area (Å²) in [5.41, 5.74) is 1.38. The Morgan fingerprint density at radius 1 is 1.07 bits per heavy atom. The first-order valence-corrected chi connectivity index (χ1v) is 11.3. The summed E-state index contributed by atoms with van der Waals surface area (Å²) in [7, 11) is 0. The van der Waals surface area contributed by atoms with Crippen molar-refractivity contribution in [1.82, 2.24) is 15.1 Å². The maximum atomic E-state index is 13.1. The monoisotopic (exact) mass is 413 g/mol. The largest absolute Gasteiger partial charge is 0.445 e. The Bertz CT molecular complexity index is 748. The number of nitrogens with zero attached hydrogens (tertiary/aromatic N) is 2. The van der Waals surface area contributed by atoms with Crippen molar-refractivity contribution in [3.05, 3.63) is 35.9 Å². The molecule has 3 fully saturated rings. The van der Waals surface area contributed by atoms with Gasteiger partial charge in [0, 0.05) is 45.2 Å². The Kier molecular flexibility index (Phi) is 6.05. The van der Waals surface area contributed by atoms with E-state index in [9.17, 15) is 9.59 Å². The van der Waals surface area contributed by atoms with Crippen LogP contribution in [0.15, 0.2) is 30.3 Å². The van der Waals surface area contributed by atoms with Crippen LogP contribution in [-0.2, 0) is 16.1 Å². The molecule has 0 radical (unpaired) electrons. The van der Waals surface area contributed by atoms with Crippen molar-refractivity contribution in [3.63, 3.8) is 0 Å². The van der Waals surface area contributed by atoms with Gasteiger partial charge in [-0.1, -0.05) is 44.2 Å². The number of likely N-dealkylation sites (tertiary alicyclic amines) is 1. The number of benzene rings is 1. The summed E-state index contributed by atoms with van der Waals surface area (Å²) in [5, 5.41) is 3.45. The van der Waals surface area contributed by atoms with Crippen LogP contribution in [0.4, 0.5) is 4.79 Å². The summed E-state index contributed by atoms with van der Waals surface area (Å²) >= 11 is 0. The van der Waals surface area contributed by atoms with Gasteiger partial charge in [-0.3, -0.25) is 4.79 Å². The second-order valence-electron chi connectivity index (χ2n) is 10.2. The van der Waals surface area contributed by atoms with E-state index in [1.54, 1.807) is 0 Å². The van der Waals surface area contributed by atoms with Crippen LogP contribution in [0.1, 0.15) is 45.1 Å². The molecule has 0 aromatic heterocycles. The maximum absolute atomic E-state index is 13.1. The van der Waals surface area contributed by atoms with E-state index in [4.69, 9.17) is 4.74 Å². The quantitative estimate of drug-likeness (QED) is 0.826. The molecule has 30 heavy (non-hydrogen) atoms. The highest BCUT2D eigenvalue weighted by Crippen LogP contribution is 2.53. The number of amides is 2. The molecule has 1 saturated carbocycles. The molecule has 3 aliphatic rings. The van der Waals surface area contributed by atoms with Crippen LogP contribution in [0, 0.1) is 16.7 Å². The zero-order chi connectivity index (χ0) is 21.2. The minimum atomic E-state index is -0.222. The van der Waals surface area contributed by atoms with E-state index >= 15 is 0 Å². The predicted octanol–water partition coefficient (Wildman–Crippen LogP) is 3.27. The SMILES string of the molecule is CC1(C)CNCCN(C(=O)C2CC3(CCN(C(=O)OCc4ccccc4)CC3)C2)C1. The second-order valence-corrected chi connectivity index (χ2v) is 10.2. The second kappa shape index (κ2) is 8.58. The minimum absolute atomic E-state index is 0.124. The van der Waals surface area contributed by atoms with Gasteiger partial charge >= 0.3 is 6.09 Å². The fourth-order valence-electron chi connectivity index (χ4n) is 5.28. The first-order chi connectivity index (χ1) is 14.4. The lowest BCUT2D eigenvalue weighted by Crippen LogP contribution is -2.53. The number of piperidine rings is 1. The highest BCUT2D eigenvalue weighted by atomic mass is 16.6. The van der Waals surface area contributed by atoms with Crippen molar-refractivity contribution in [2.45, 2.75) is 46.1 Å². The predicted molar refractivity (Wildman–Crippen MR) is 116 cm³/mol. The van der Waals surface area contributed by atoms with E-state index in [1.165, 1.54) is 0 Å². The first kappa shape index (κ1) is 21.2. The van der Waals surface area contributed by atoms with Gasteiger partial charge in [0.15, 0.2) is 0 Å². The Morgan fingerprint density at radius 2 is 1.77 bits per heavy atom. The molecule has 2 aliphatic heterocycles. The minimum Gasteiger partial charge on any atom is -0.445 e. The maximum Gasteiger partial charge on any atom is 0.410 e. The molecule has 0 unspecified atom stereocenters. The number of carbonyl (C=O) groups is 2. The van der Waals surface area contributed by atoms with Gasteiger partial charge < -0.3 is 19.9 Å². The molecule has 0 atom stereocenters. The Morgan fingerprint density at radius 3 is 2.47 bits per heavy atom. The summed E-state index contributed by atoms with van der Waals surface area (Å²) < 4.78 is 5.48. The lowest BCUT2D eigenvalue weighted by atomic mass is 9.57. The van der Waals surface area contributed by atoms with Crippen LogP contribution in [0.3, 0.4) is 0 Å². The van der Waals surface area contributed by atoms with E-state index in [0.29, 0.717) is 12.5 Å². The van der Waals surface area contributed by atoms with Crippen LogP contribution in [0.2, 0.25) is 0 Å². The molecule has 164 valence electrons. The molecule has 2 heterocycles. The van der Waals surface area contributed by atoms with Crippen LogP contribution in [0.5, 0.6) is 0 Å². The molecular weight excluding hydrogens is 378 g/mol. The van der Waals surface area contributed by atoms with E-state index in [0.717, 1.165) is 70.5 Å². The van der Waals surface area contributed by atoms with E-state index in [2.05, 4.69) is 24.1 Å². The summed E-state index contributed by atoms with van der Waals surface area (Å²) in [6.45, 7) is 9.72. The normalized spacial score (nSPS) is 23.5. The van der Waals surface area contributed by atoms with Crippen LogP contribution in [-0.4, -0.2) is 61.1 Å². The van der Waals surface area contributed by atoms with Crippen molar-refractivity contribution in [1.29, 1.82) is 0 Å². The van der Waals surface area contributed by atoms with Gasteiger partial charge in [-0.25, -0.2) is 4.79 Å². The van der Waals surface area contributed by atoms with Crippen LogP contribution >= 0.6 is 0 Å². The van der Waals surface area contributed by atoms with E-state index in [1.807, 2.05) is 35.2 Å². The van der Waals surface area contributed by atoms with Gasteiger partial charge in [-0.05, 0) is 42.1 Å². The fraction of sp³-hybridized carbons (Fsp3) is 0.667. The van der Waals surface area contributed by atoms with Crippen LogP contribution in [0.25, 0.3) is 0 Å². The van der Waals surface area contributed by atoms with E-state index < -0.39 is 0 Å². The number of ether oxygens (including phenoxy) is 1. The van der Waals surface area contributed by atoms with Crippen molar-refractivity contribution >= 4 is 12.0 Å². The number of nitrogens with one attached hydrogen (secondary N) is 1. The average Bonchev–Trinajstić information content (AvgIpc) is 2.91. The van der Waals surface area contributed by atoms with Crippen molar-refractivity contribution in [2.24, 2.45) is 16.7 Å². The van der Waals surface area contributed by atoms with Crippen molar-refractivity contribution in [2.75, 3.05) is 39.3 Å². The number of carbonyl (C=O) groups excluding carboxylic acids is 2. The van der Waals surface area contributed by atoms with Gasteiger partial charge in [0.2, 0.25) is 5.91 Å². The van der Waals surface area contributed by atoms with Crippen LogP contribution < -0.4 is 5.32 Å². The molecule has 6 nitrogen and oxygen atoms in total. The van der Waals surface area contributed by atoms with Crippen molar-refractivity contribution < 1.29 is 14.3 Å². The topological polar surface area (TPSA) is 61.9 Å². The Labute approximate surface area is 179 Å². The molecule has 1 aromatic carbocycles. The number of hydrogen-bond donors (Lipinski definition) is 1. The third kappa shape index (κ3) is 4.80. The molecule has 1 aromatic rings. The van der Waals surface area contributed by atoms with E-state index in [-0.39, 0.29) is 22.8 Å².